The SMILES string of the molecule is O=C(C1CCCN1Cc1cnc(C2CC2)s1)N1CCSCC1. The summed E-state index contributed by atoms with van der Waals surface area (Å²) in [7, 11) is 0. The highest BCUT2D eigenvalue weighted by Gasteiger charge is 2.34. The maximum atomic E-state index is 12.8. The Labute approximate surface area is 140 Å². The van der Waals surface area contributed by atoms with Crippen LogP contribution >= 0.6 is 23.1 Å². The van der Waals surface area contributed by atoms with E-state index in [0.29, 0.717) is 5.91 Å². The first-order chi connectivity index (χ1) is 10.8. The van der Waals surface area contributed by atoms with Crippen molar-refractivity contribution in [2.24, 2.45) is 0 Å². The van der Waals surface area contributed by atoms with Crippen LogP contribution in [-0.2, 0) is 11.3 Å². The lowest BCUT2D eigenvalue weighted by molar-refractivity contribution is -0.135. The minimum absolute atomic E-state index is 0.106. The fourth-order valence-electron chi connectivity index (χ4n) is 3.40. The molecule has 3 fully saturated rings. The zero-order valence-corrected chi connectivity index (χ0v) is 14.5. The zero-order chi connectivity index (χ0) is 14.9. The molecule has 22 heavy (non-hydrogen) atoms. The molecule has 0 bridgehead atoms. The van der Waals surface area contributed by atoms with Crippen LogP contribution in [0.25, 0.3) is 0 Å². The van der Waals surface area contributed by atoms with Gasteiger partial charge in [-0.15, -0.1) is 11.3 Å². The van der Waals surface area contributed by atoms with Crippen LogP contribution in [0, 0.1) is 0 Å². The van der Waals surface area contributed by atoms with Gasteiger partial charge in [-0.2, -0.15) is 11.8 Å². The highest BCUT2D eigenvalue weighted by Crippen LogP contribution is 2.42. The van der Waals surface area contributed by atoms with Crippen molar-refractivity contribution in [1.29, 1.82) is 0 Å². The van der Waals surface area contributed by atoms with Crippen LogP contribution in [0.4, 0.5) is 0 Å². The fraction of sp³-hybridized carbons (Fsp3) is 0.750. The first kappa shape index (κ1) is 15.0. The van der Waals surface area contributed by atoms with Gasteiger partial charge in [-0.1, -0.05) is 0 Å². The van der Waals surface area contributed by atoms with E-state index >= 15 is 0 Å². The molecule has 2 saturated heterocycles. The van der Waals surface area contributed by atoms with Gasteiger partial charge < -0.3 is 4.90 Å². The number of nitrogens with zero attached hydrogens (tertiary/aromatic N) is 3. The zero-order valence-electron chi connectivity index (χ0n) is 12.9. The third kappa shape index (κ3) is 3.19. The molecule has 1 saturated carbocycles. The number of rotatable bonds is 4. The first-order valence-electron chi connectivity index (χ1n) is 8.36. The molecule has 1 atom stereocenters. The Balaban J connectivity index is 1.40. The van der Waals surface area contributed by atoms with Gasteiger partial charge in [-0.05, 0) is 32.2 Å². The van der Waals surface area contributed by atoms with Crippen LogP contribution in [0.3, 0.4) is 0 Å². The number of amides is 1. The Bertz CT molecular complexity index is 537. The molecular formula is C16H23N3OS2. The van der Waals surface area contributed by atoms with Crippen molar-refractivity contribution in [2.45, 2.75) is 44.2 Å². The molecule has 4 rings (SSSR count). The second-order valence-electron chi connectivity index (χ2n) is 6.51. The Morgan fingerprint density at radius 1 is 1.23 bits per heavy atom. The maximum Gasteiger partial charge on any atom is 0.239 e. The molecule has 6 heteroatoms. The first-order valence-corrected chi connectivity index (χ1v) is 10.3. The highest BCUT2D eigenvalue weighted by molar-refractivity contribution is 7.99. The molecule has 3 heterocycles. The number of likely N-dealkylation sites (tertiary alicyclic amines) is 1. The Morgan fingerprint density at radius 2 is 2.05 bits per heavy atom. The number of carbonyl (C=O) groups excluding carboxylic acids is 1. The molecule has 4 nitrogen and oxygen atoms in total. The summed E-state index contributed by atoms with van der Waals surface area (Å²) in [6.45, 7) is 3.82. The summed E-state index contributed by atoms with van der Waals surface area (Å²) in [6, 6.07) is 0.106. The second-order valence-corrected chi connectivity index (χ2v) is 8.88. The van der Waals surface area contributed by atoms with Crippen LogP contribution in [0.1, 0.15) is 41.5 Å². The van der Waals surface area contributed by atoms with E-state index in [1.165, 1.54) is 22.7 Å². The number of aromatic nitrogens is 1. The summed E-state index contributed by atoms with van der Waals surface area (Å²) < 4.78 is 0. The third-order valence-electron chi connectivity index (χ3n) is 4.83. The lowest BCUT2D eigenvalue weighted by Crippen LogP contribution is -2.48. The molecule has 1 unspecified atom stereocenters. The van der Waals surface area contributed by atoms with Crippen molar-refractivity contribution in [3.8, 4) is 0 Å². The third-order valence-corrected chi connectivity index (χ3v) is 6.92. The van der Waals surface area contributed by atoms with Crippen molar-refractivity contribution < 1.29 is 4.79 Å². The largest absolute Gasteiger partial charge is 0.340 e. The lowest BCUT2D eigenvalue weighted by atomic mass is 10.2. The fourth-order valence-corrected chi connectivity index (χ4v) is 5.42. The standard InChI is InChI=1S/C16H23N3OS2/c20-16(18-6-8-21-9-7-18)14-2-1-5-19(14)11-13-10-17-15(22-13)12-3-4-12/h10,12,14H,1-9,11H2. The number of thioether (sulfide) groups is 1. The summed E-state index contributed by atoms with van der Waals surface area (Å²) in [6.07, 6.45) is 6.83. The Morgan fingerprint density at radius 3 is 2.82 bits per heavy atom. The minimum Gasteiger partial charge on any atom is -0.340 e. The van der Waals surface area contributed by atoms with E-state index < -0.39 is 0 Å². The molecule has 120 valence electrons. The van der Waals surface area contributed by atoms with Gasteiger partial charge in [-0.25, -0.2) is 4.98 Å². The molecule has 1 aromatic heterocycles. The number of hydrogen-bond acceptors (Lipinski definition) is 5. The minimum atomic E-state index is 0.106. The van der Waals surface area contributed by atoms with Gasteiger partial charge in [0.1, 0.15) is 0 Å². The predicted octanol–water partition coefficient (Wildman–Crippen LogP) is 2.56. The van der Waals surface area contributed by atoms with E-state index in [-0.39, 0.29) is 6.04 Å². The van der Waals surface area contributed by atoms with E-state index in [2.05, 4.69) is 14.8 Å². The molecule has 1 aliphatic carbocycles. The molecule has 2 aliphatic heterocycles. The summed E-state index contributed by atoms with van der Waals surface area (Å²) in [4.78, 5) is 23.2. The van der Waals surface area contributed by atoms with Crippen molar-refractivity contribution in [1.82, 2.24) is 14.8 Å². The molecule has 0 N–H and O–H groups in total. The topological polar surface area (TPSA) is 36.4 Å². The van der Waals surface area contributed by atoms with Gasteiger partial charge in [0.2, 0.25) is 5.91 Å². The van der Waals surface area contributed by atoms with E-state index in [1.807, 2.05) is 29.3 Å². The van der Waals surface area contributed by atoms with Gasteiger partial charge in [0.25, 0.3) is 0 Å². The van der Waals surface area contributed by atoms with Crippen LogP contribution in [0.2, 0.25) is 0 Å². The number of thiazole rings is 1. The summed E-state index contributed by atoms with van der Waals surface area (Å²) in [5.74, 6) is 3.29. The molecule has 1 amide bonds. The predicted molar refractivity (Wildman–Crippen MR) is 91.4 cm³/mol. The molecular weight excluding hydrogens is 314 g/mol. The average molecular weight is 338 g/mol. The van der Waals surface area contributed by atoms with E-state index in [0.717, 1.165) is 56.4 Å². The molecule has 0 aromatic carbocycles. The number of carbonyl (C=O) groups is 1. The second kappa shape index (κ2) is 6.49. The van der Waals surface area contributed by atoms with Crippen molar-refractivity contribution in [3.05, 3.63) is 16.1 Å². The van der Waals surface area contributed by atoms with Gasteiger partial charge in [0.15, 0.2) is 0 Å². The molecule has 0 spiro atoms. The van der Waals surface area contributed by atoms with Crippen LogP contribution in [0.15, 0.2) is 6.20 Å². The van der Waals surface area contributed by atoms with Crippen molar-refractivity contribution in [2.75, 3.05) is 31.1 Å². The van der Waals surface area contributed by atoms with Gasteiger partial charge >= 0.3 is 0 Å². The van der Waals surface area contributed by atoms with Gasteiger partial charge in [-0.3, -0.25) is 9.69 Å². The van der Waals surface area contributed by atoms with Gasteiger partial charge in [0, 0.05) is 48.1 Å². The van der Waals surface area contributed by atoms with Crippen LogP contribution in [-0.4, -0.2) is 57.9 Å². The Kier molecular flexibility index (Phi) is 4.42. The van der Waals surface area contributed by atoms with Crippen LogP contribution < -0.4 is 0 Å². The van der Waals surface area contributed by atoms with E-state index in [4.69, 9.17) is 0 Å². The number of hydrogen-bond donors (Lipinski definition) is 0. The molecule has 0 radical (unpaired) electrons. The summed E-state index contributed by atoms with van der Waals surface area (Å²) in [5, 5.41) is 1.31. The molecule has 3 aliphatic rings. The quantitative estimate of drug-likeness (QED) is 0.846. The van der Waals surface area contributed by atoms with E-state index in [1.54, 1.807) is 0 Å². The molecule has 1 aromatic rings. The van der Waals surface area contributed by atoms with E-state index in [9.17, 15) is 4.79 Å². The average Bonchev–Trinajstić information content (AvgIpc) is 3.13. The van der Waals surface area contributed by atoms with Crippen LogP contribution in [0.5, 0.6) is 0 Å². The monoisotopic (exact) mass is 337 g/mol. The van der Waals surface area contributed by atoms with Crippen molar-refractivity contribution in [3.63, 3.8) is 0 Å². The summed E-state index contributed by atoms with van der Waals surface area (Å²) in [5.41, 5.74) is 0. The van der Waals surface area contributed by atoms with Gasteiger partial charge in [0.05, 0.1) is 11.0 Å². The smallest absolute Gasteiger partial charge is 0.239 e. The normalized spacial score (nSPS) is 26.5. The summed E-state index contributed by atoms with van der Waals surface area (Å²) >= 11 is 3.82. The lowest BCUT2D eigenvalue weighted by Gasteiger charge is -2.32. The highest BCUT2D eigenvalue weighted by atomic mass is 32.2. The van der Waals surface area contributed by atoms with Crippen molar-refractivity contribution >= 4 is 29.0 Å². The Hall–Kier alpha value is -0.590. The maximum absolute atomic E-state index is 12.8.